The Labute approximate surface area is 193 Å². The second-order valence-corrected chi connectivity index (χ2v) is 6.26. The average molecular weight is 468 g/mol. The molecule has 0 aliphatic heterocycles. The predicted octanol–water partition coefficient (Wildman–Crippen LogP) is 1.22. The fourth-order valence-electron chi connectivity index (χ4n) is 2.21. The van der Waals surface area contributed by atoms with Crippen LogP contribution in [0, 0.1) is 0 Å². The van der Waals surface area contributed by atoms with E-state index in [1.807, 2.05) is 0 Å². The standard InChI is InChI=1S/C23H32O10/c1-2-21(24)32-18-16-30-14-12-28-10-8-27-9-11-29-13-15-31-17-19-33-23(26)22(25)20-6-4-3-5-7-20/h2-7H,1,8-19H2. The number of esters is 2. The first-order valence-electron chi connectivity index (χ1n) is 10.6. The van der Waals surface area contributed by atoms with Gasteiger partial charge in [-0.2, -0.15) is 0 Å². The van der Waals surface area contributed by atoms with Gasteiger partial charge in [0, 0.05) is 11.6 Å². The van der Waals surface area contributed by atoms with Crippen molar-refractivity contribution < 1.29 is 47.5 Å². The minimum atomic E-state index is -0.902. The Morgan fingerprint density at radius 3 is 1.42 bits per heavy atom. The molecule has 0 fully saturated rings. The molecule has 0 saturated heterocycles. The lowest BCUT2D eigenvalue weighted by Crippen LogP contribution is -2.20. The molecule has 10 heteroatoms. The first-order chi connectivity index (χ1) is 16.1. The molecule has 0 aliphatic rings. The summed E-state index contributed by atoms with van der Waals surface area (Å²) in [7, 11) is 0. The fraction of sp³-hybridized carbons (Fsp3) is 0.522. The van der Waals surface area contributed by atoms with Crippen LogP contribution in [-0.4, -0.2) is 97.0 Å². The van der Waals surface area contributed by atoms with Crippen LogP contribution in [0.5, 0.6) is 0 Å². The zero-order valence-corrected chi connectivity index (χ0v) is 18.7. The lowest BCUT2D eigenvalue weighted by Gasteiger charge is -2.08. The van der Waals surface area contributed by atoms with E-state index >= 15 is 0 Å². The van der Waals surface area contributed by atoms with Crippen LogP contribution < -0.4 is 0 Å². The minimum absolute atomic E-state index is 0.00563. The number of carbonyl (C=O) groups is 3. The van der Waals surface area contributed by atoms with E-state index < -0.39 is 17.7 Å². The molecule has 0 radical (unpaired) electrons. The summed E-state index contributed by atoms with van der Waals surface area (Å²) in [5, 5.41) is 0. The number of Topliss-reactive ketones (excluding diaryl/α,β-unsaturated/α-hetero) is 1. The summed E-state index contributed by atoms with van der Waals surface area (Å²) >= 11 is 0. The van der Waals surface area contributed by atoms with E-state index in [-0.39, 0.29) is 19.8 Å². The van der Waals surface area contributed by atoms with Crippen molar-refractivity contribution in [2.24, 2.45) is 0 Å². The molecule has 184 valence electrons. The SMILES string of the molecule is C=CC(=O)OCCOCCOCCOCCOCCOCCOC(=O)C(=O)c1ccccc1. The third kappa shape index (κ3) is 15.8. The summed E-state index contributed by atoms with van der Waals surface area (Å²) in [4.78, 5) is 34.2. The summed E-state index contributed by atoms with van der Waals surface area (Å²) < 4.78 is 36.2. The van der Waals surface area contributed by atoms with Crippen LogP contribution in [0.1, 0.15) is 10.4 Å². The van der Waals surface area contributed by atoms with Crippen molar-refractivity contribution in [3.8, 4) is 0 Å². The highest BCUT2D eigenvalue weighted by molar-refractivity contribution is 6.40. The molecular weight excluding hydrogens is 436 g/mol. The molecule has 0 aliphatic carbocycles. The Morgan fingerprint density at radius 2 is 1.00 bits per heavy atom. The van der Waals surface area contributed by atoms with E-state index in [2.05, 4.69) is 6.58 Å². The van der Waals surface area contributed by atoms with Gasteiger partial charge in [0.1, 0.15) is 13.2 Å². The van der Waals surface area contributed by atoms with E-state index in [1.165, 1.54) is 0 Å². The average Bonchev–Trinajstić information content (AvgIpc) is 2.85. The second-order valence-electron chi connectivity index (χ2n) is 6.26. The van der Waals surface area contributed by atoms with Gasteiger partial charge in [-0.1, -0.05) is 36.9 Å². The first kappa shape index (κ1) is 28.4. The molecule has 0 bridgehead atoms. The van der Waals surface area contributed by atoms with E-state index in [0.717, 1.165) is 6.08 Å². The van der Waals surface area contributed by atoms with Gasteiger partial charge < -0.3 is 33.2 Å². The van der Waals surface area contributed by atoms with Gasteiger partial charge in [-0.05, 0) is 0 Å². The zero-order valence-electron chi connectivity index (χ0n) is 18.7. The molecule has 0 saturated carbocycles. The maximum absolute atomic E-state index is 11.8. The largest absolute Gasteiger partial charge is 0.460 e. The summed E-state index contributed by atoms with van der Waals surface area (Å²) in [6.07, 6.45) is 1.10. The summed E-state index contributed by atoms with van der Waals surface area (Å²) in [5.41, 5.74) is 0.292. The molecule has 1 aromatic rings. The van der Waals surface area contributed by atoms with Gasteiger partial charge in [0.05, 0.1) is 66.1 Å². The van der Waals surface area contributed by atoms with Crippen LogP contribution in [0.25, 0.3) is 0 Å². The van der Waals surface area contributed by atoms with Gasteiger partial charge in [0.25, 0.3) is 5.78 Å². The van der Waals surface area contributed by atoms with Crippen molar-refractivity contribution >= 4 is 17.7 Å². The molecule has 1 aromatic carbocycles. The molecular formula is C23H32O10. The highest BCUT2D eigenvalue weighted by Crippen LogP contribution is 2.01. The fourth-order valence-corrected chi connectivity index (χ4v) is 2.21. The van der Waals surface area contributed by atoms with Crippen LogP contribution in [0.4, 0.5) is 0 Å². The first-order valence-corrected chi connectivity index (χ1v) is 10.6. The van der Waals surface area contributed by atoms with Crippen LogP contribution >= 0.6 is 0 Å². The molecule has 33 heavy (non-hydrogen) atoms. The van der Waals surface area contributed by atoms with Crippen molar-refractivity contribution in [1.29, 1.82) is 0 Å². The van der Waals surface area contributed by atoms with Gasteiger partial charge >= 0.3 is 11.9 Å². The van der Waals surface area contributed by atoms with Crippen molar-refractivity contribution in [2.45, 2.75) is 0 Å². The number of ether oxygens (including phenoxy) is 7. The Bertz CT molecular complexity index is 677. The third-order valence-electron chi connectivity index (χ3n) is 3.81. The van der Waals surface area contributed by atoms with E-state index in [0.29, 0.717) is 65.0 Å². The normalized spacial score (nSPS) is 10.5. The van der Waals surface area contributed by atoms with Gasteiger partial charge in [-0.25, -0.2) is 9.59 Å². The number of benzene rings is 1. The molecule has 0 atom stereocenters. The summed E-state index contributed by atoms with van der Waals surface area (Å²) in [6.45, 7) is 7.18. The smallest absolute Gasteiger partial charge is 0.379 e. The summed E-state index contributed by atoms with van der Waals surface area (Å²) in [5.74, 6) is -2.05. The molecule has 0 aromatic heterocycles. The molecule has 0 amide bonds. The molecule has 10 nitrogen and oxygen atoms in total. The quantitative estimate of drug-likeness (QED) is 0.0857. The maximum Gasteiger partial charge on any atom is 0.379 e. The number of hydrogen-bond donors (Lipinski definition) is 0. The van der Waals surface area contributed by atoms with Crippen LogP contribution in [0.3, 0.4) is 0 Å². The van der Waals surface area contributed by atoms with Crippen molar-refractivity contribution in [3.05, 3.63) is 48.6 Å². The monoisotopic (exact) mass is 468 g/mol. The van der Waals surface area contributed by atoms with Gasteiger partial charge in [-0.15, -0.1) is 0 Å². The van der Waals surface area contributed by atoms with Gasteiger partial charge in [-0.3, -0.25) is 4.79 Å². The van der Waals surface area contributed by atoms with Crippen LogP contribution in [0.15, 0.2) is 43.0 Å². The summed E-state index contributed by atoms with van der Waals surface area (Å²) in [6, 6.07) is 8.22. The number of rotatable bonds is 21. The number of carbonyl (C=O) groups excluding carboxylic acids is 3. The molecule has 0 spiro atoms. The van der Waals surface area contributed by atoms with Crippen LogP contribution in [-0.2, 0) is 42.7 Å². The van der Waals surface area contributed by atoms with E-state index in [4.69, 9.17) is 33.2 Å². The maximum atomic E-state index is 11.8. The number of ketones is 1. The van der Waals surface area contributed by atoms with Crippen molar-refractivity contribution in [3.63, 3.8) is 0 Å². The number of hydrogen-bond acceptors (Lipinski definition) is 10. The predicted molar refractivity (Wildman–Crippen MR) is 117 cm³/mol. The molecule has 0 heterocycles. The Morgan fingerprint density at radius 1 is 0.606 bits per heavy atom. The molecule has 0 unspecified atom stereocenters. The van der Waals surface area contributed by atoms with Crippen molar-refractivity contribution in [1.82, 2.24) is 0 Å². The lowest BCUT2D eigenvalue weighted by atomic mass is 10.1. The lowest BCUT2D eigenvalue weighted by molar-refractivity contribution is -0.140. The highest BCUT2D eigenvalue weighted by atomic mass is 16.6. The van der Waals surface area contributed by atoms with Gasteiger partial charge in [0.2, 0.25) is 0 Å². The topological polar surface area (TPSA) is 116 Å². The molecule has 0 N–H and O–H groups in total. The zero-order chi connectivity index (χ0) is 24.0. The Kier molecular flexibility index (Phi) is 17.2. The molecule has 1 rings (SSSR count). The van der Waals surface area contributed by atoms with E-state index in [1.54, 1.807) is 30.3 Å². The van der Waals surface area contributed by atoms with Gasteiger partial charge in [0.15, 0.2) is 0 Å². The third-order valence-corrected chi connectivity index (χ3v) is 3.81. The van der Waals surface area contributed by atoms with Crippen molar-refractivity contribution in [2.75, 3.05) is 79.3 Å². The highest BCUT2D eigenvalue weighted by Gasteiger charge is 2.16. The Balaban J connectivity index is 1.78. The van der Waals surface area contributed by atoms with Crippen LogP contribution in [0.2, 0.25) is 0 Å². The second kappa shape index (κ2) is 20.0. The minimum Gasteiger partial charge on any atom is -0.460 e. The van der Waals surface area contributed by atoms with E-state index in [9.17, 15) is 14.4 Å². The Hall–Kier alpha value is -2.63.